The molecule has 0 aliphatic rings. The lowest BCUT2D eigenvalue weighted by Gasteiger charge is -2.33. The molecule has 0 spiro atoms. The molecule has 3 aromatic carbocycles. The van der Waals surface area contributed by atoms with Crippen LogP contribution in [0.4, 0.5) is 5.69 Å². The highest BCUT2D eigenvalue weighted by atomic mass is 35.5. The van der Waals surface area contributed by atoms with E-state index in [2.05, 4.69) is 5.32 Å². The normalized spacial score (nSPS) is 12.1. The van der Waals surface area contributed by atoms with Crippen molar-refractivity contribution >= 4 is 39.1 Å². The van der Waals surface area contributed by atoms with Crippen LogP contribution in [0.2, 0.25) is 5.02 Å². The third-order valence-electron chi connectivity index (χ3n) is 6.29. The number of hydrogen-bond acceptors (Lipinski definition) is 5. The lowest BCUT2D eigenvalue weighted by atomic mass is 10.1. The summed E-state index contributed by atoms with van der Waals surface area (Å²) in [6.07, 6.45) is 0.341. The highest BCUT2D eigenvalue weighted by Gasteiger charge is 2.33. The second-order valence-electron chi connectivity index (χ2n) is 9.74. The molecule has 0 fully saturated rings. The van der Waals surface area contributed by atoms with Gasteiger partial charge in [-0.25, -0.2) is 8.42 Å². The van der Waals surface area contributed by atoms with Crippen LogP contribution in [-0.4, -0.2) is 51.4 Å². The molecule has 0 unspecified atom stereocenters. The standard InChI is InChI=1S/C30H36ClN3O5S/c1-5-28(30(36)32-19-22(2)3)33(20-23-14-16-24(31)17-15-23)29(35)21-34(25-10-9-11-26(18-25)39-4)40(37,38)27-12-7-6-8-13-27/h6-18,22,28H,5,19-21H2,1-4H3,(H,32,36)/t28-/m1/s1. The van der Waals surface area contributed by atoms with Crippen molar-refractivity contribution in [3.05, 3.63) is 89.4 Å². The lowest BCUT2D eigenvalue weighted by molar-refractivity contribution is -0.140. The number of hydrogen-bond donors (Lipinski definition) is 1. The van der Waals surface area contributed by atoms with Gasteiger partial charge >= 0.3 is 0 Å². The van der Waals surface area contributed by atoms with Gasteiger partial charge in [0.25, 0.3) is 10.0 Å². The molecule has 8 nitrogen and oxygen atoms in total. The fraction of sp³-hybridized carbons (Fsp3) is 0.333. The predicted octanol–water partition coefficient (Wildman–Crippen LogP) is 5.12. The Bertz CT molecular complexity index is 1380. The number of methoxy groups -OCH3 is 1. The van der Waals surface area contributed by atoms with Gasteiger partial charge in [-0.15, -0.1) is 0 Å². The van der Waals surface area contributed by atoms with Crippen molar-refractivity contribution in [1.82, 2.24) is 10.2 Å². The average Bonchev–Trinajstić information content (AvgIpc) is 2.95. The van der Waals surface area contributed by atoms with Crippen LogP contribution in [0.1, 0.15) is 32.8 Å². The van der Waals surface area contributed by atoms with Gasteiger partial charge in [0.05, 0.1) is 17.7 Å². The number of halogens is 1. The van der Waals surface area contributed by atoms with Crippen molar-refractivity contribution in [2.45, 2.75) is 44.7 Å². The number of benzene rings is 3. The van der Waals surface area contributed by atoms with Crippen molar-refractivity contribution in [3.8, 4) is 5.75 Å². The molecule has 1 N–H and O–H groups in total. The number of nitrogens with zero attached hydrogens (tertiary/aromatic N) is 2. The van der Waals surface area contributed by atoms with Crippen molar-refractivity contribution in [2.75, 3.05) is 24.5 Å². The first kappa shape index (κ1) is 31.0. The van der Waals surface area contributed by atoms with Gasteiger partial charge in [0.15, 0.2) is 0 Å². The SMILES string of the molecule is CC[C@H](C(=O)NCC(C)C)N(Cc1ccc(Cl)cc1)C(=O)CN(c1cccc(OC)c1)S(=O)(=O)c1ccccc1. The molecule has 40 heavy (non-hydrogen) atoms. The van der Waals surface area contributed by atoms with E-state index < -0.39 is 28.5 Å². The van der Waals surface area contributed by atoms with Crippen molar-refractivity contribution < 1.29 is 22.7 Å². The summed E-state index contributed by atoms with van der Waals surface area (Å²) in [4.78, 5) is 28.8. The monoisotopic (exact) mass is 585 g/mol. The number of ether oxygens (including phenoxy) is 1. The van der Waals surface area contributed by atoms with Gasteiger partial charge in [0.1, 0.15) is 18.3 Å². The number of carbonyl (C=O) groups is 2. The molecule has 1 atom stereocenters. The summed E-state index contributed by atoms with van der Waals surface area (Å²) in [5, 5.41) is 3.46. The Morgan fingerprint density at radius 3 is 2.25 bits per heavy atom. The van der Waals surface area contributed by atoms with Gasteiger partial charge in [-0.1, -0.05) is 68.8 Å². The zero-order valence-corrected chi connectivity index (χ0v) is 24.8. The second-order valence-corrected chi connectivity index (χ2v) is 12.0. The molecule has 0 heterocycles. The molecule has 0 saturated heterocycles. The smallest absolute Gasteiger partial charge is 0.264 e. The molecule has 0 radical (unpaired) electrons. The van der Waals surface area contributed by atoms with Crippen LogP contribution in [0.25, 0.3) is 0 Å². The van der Waals surface area contributed by atoms with Crippen LogP contribution in [-0.2, 0) is 26.2 Å². The summed E-state index contributed by atoms with van der Waals surface area (Å²) < 4.78 is 34.1. The first-order valence-electron chi connectivity index (χ1n) is 13.1. The number of anilines is 1. The molecule has 0 bridgehead atoms. The Labute approximate surface area is 241 Å². The summed E-state index contributed by atoms with van der Waals surface area (Å²) in [6.45, 7) is 5.82. The third kappa shape index (κ3) is 7.99. The lowest BCUT2D eigenvalue weighted by Crippen LogP contribution is -2.52. The molecule has 3 aromatic rings. The molecule has 0 aromatic heterocycles. The van der Waals surface area contributed by atoms with Gasteiger partial charge in [-0.05, 0) is 54.3 Å². The third-order valence-corrected chi connectivity index (χ3v) is 8.33. The molecule has 2 amide bonds. The van der Waals surface area contributed by atoms with Crippen molar-refractivity contribution in [1.29, 1.82) is 0 Å². The Morgan fingerprint density at radius 1 is 0.975 bits per heavy atom. The van der Waals surface area contributed by atoms with Crippen LogP contribution in [0.3, 0.4) is 0 Å². The maximum absolute atomic E-state index is 14.1. The number of nitrogens with one attached hydrogen (secondary N) is 1. The molecule has 0 saturated carbocycles. The Morgan fingerprint density at radius 2 is 1.65 bits per heavy atom. The molecular weight excluding hydrogens is 550 g/mol. The molecule has 0 aliphatic heterocycles. The summed E-state index contributed by atoms with van der Waals surface area (Å²) in [5.41, 5.74) is 1.02. The van der Waals surface area contributed by atoms with Gasteiger partial charge in [0, 0.05) is 24.2 Å². The van der Waals surface area contributed by atoms with Gasteiger partial charge in [-0.2, -0.15) is 0 Å². The topological polar surface area (TPSA) is 96.0 Å². The van der Waals surface area contributed by atoms with Crippen molar-refractivity contribution in [3.63, 3.8) is 0 Å². The summed E-state index contributed by atoms with van der Waals surface area (Å²) in [6, 6.07) is 20.6. The summed E-state index contributed by atoms with van der Waals surface area (Å²) in [7, 11) is -2.67. The van der Waals surface area contributed by atoms with Crippen LogP contribution in [0.15, 0.2) is 83.8 Å². The maximum atomic E-state index is 14.1. The van der Waals surface area contributed by atoms with Gasteiger partial charge < -0.3 is 15.0 Å². The average molecular weight is 586 g/mol. The van der Waals surface area contributed by atoms with Gasteiger partial charge in [0.2, 0.25) is 11.8 Å². The minimum atomic E-state index is -4.15. The van der Waals surface area contributed by atoms with Crippen LogP contribution in [0.5, 0.6) is 5.75 Å². The van der Waals surface area contributed by atoms with E-state index in [-0.39, 0.29) is 29.0 Å². The van der Waals surface area contributed by atoms with E-state index >= 15 is 0 Å². The van der Waals surface area contributed by atoms with Crippen molar-refractivity contribution in [2.24, 2.45) is 5.92 Å². The second kappa shape index (κ2) is 14.2. The first-order chi connectivity index (χ1) is 19.1. The van der Waals surface area contributed by atoms with E-state index in [4.69, 9.17) is 16.3 Å². The number of sulfonamides is 1. The fourth-order valence-corrected chi connectivity index (χ4v) is 5.70. The number of carbonyl (C=O) groups excluding carboxylic acids is 2. The van der Waals surface area contributed by atoms with E-state index in [0.29, 0.717) is 23.7 Å². The molecule has 0 aliphatic carbocycles. The van der Waals surface area contributed by atoms with E-state index in [0.717, 1.165) is 9.87 Å². The first-order valence-corrected chi connectivity index (χ1v) is 14.9. The van der Waals surface area contributed by atoms with E-state index in [1.54, 1.807) is 66.7 Å². The predicted molar refractivity (Wildman–Crippen MR) is 158 cm³/mol. The molecule has 3 rings (SSSR count). The molecule has 214 valence electrons. The molecule has 10 heteroatoms. The zero-order chi connectivity index (χ0) is 29.3. The van der Waals surface area contributed by atoms with E-state index in [9.17, 15) is 18.0 Å². The Balaban J connectivity index is 2.05. The quantitative estimate of drug-likeness (QED) is 0.300. The number of rotatable bonds is 13. The zero-order valence-electron chi connectivity index (χ0n) is 23.2. The fourth-order valence-electron chi connectivity index (χ4n) is 4.14. The minimum absolute atomic E-state index is 0.0385. The van der Waals surface area contributed by atoms with E-state index in [1.165, 1.54) is 24.1 Å². The van der Waals surface area contributed by atoms with E-state index in [1.807, 2.05) is 20.8 Å². The summed E-state index contributed by atoms with van der Waals surface area (Å²) in [5.74, 6) is -0.154. The Kier molecular flexibility index (Phi) is 11.0. The van der Waals surface area contributed by atoms with Crippen LogP contribution in [0, 0.1) is 5.92 Å². The Hall–Kier alpha value is -3.56. The van der Waals surface area contributed by atoms with Crippen LogP contribution >= 0.6 is 11.6 Å². The largest absolute Gasteiger partial charge is 0.497 e. The highest BCUT2D eigenvalue weighted by molar-refractivity contribution is 7.92. The molecular formula is C30H36ClN3O5S. The maximum Gasteiger partial charge on any atom is 0.264 e. The van der Waals surface area contributed by atoms with Crippen LogP contribution < -0.4 is 14.4 Å². The minimum Gasteiger partial charge on any atom is -0.497 e. The number of amides is 2. The van der Waals surface area contributed by atoms with Gasteiger partial charge in [-0.3, -0.25) is 13.9 Å². The highest BCUT2D eigenvalue weighted by Crippen LogP contribution is 2.28. The summed E-state index contributed by atoms with van der Waals surface area (Å²) >= 11 is 6.06.